The molecule has 2 aromatic heterocycles. The first kappa shape index (κ1) is 17.1. The van der Waals surface area contributed by atoms with Crippen LogP contribution in [0.5, 0.6) is 0 Å². The van der Waals surface area contributed by atoms with Crippen molar-refractivity contribution in [3.05, 3.63) is 76.8 Å². The Bertz CT molecular complexity index is 1030. The van der Waals surface area contributed by atoms with Gasteiger partial charge in [-0.05, 0) is 29.7 Å². The molecule has 0 saturated heterocycles. The molecule has 132 valence electrons. The van der Waals surface area contributed by atoms with Gasteiger partial charge in [0.2, 0.25) is 5.89 Å². The van der Waals surface area contributed by atoms with Crippen LogP contribution in [0, 0.1) is 0 Å². The van der Waals surface area contributed by atoms with Crippen LogP contribution in [0.25, 0.3) is 10.9 Å². The summed E-state index contributed by atoms with van der Waals surface area (Å²) >= 11 is 7.62. The topological polar surface area (TPSA) is 80.7 Å². The molecule has 0 radical (unpaired) electrons. The van der Waals surface area contributed by atoms with E-state index in [1.54, 1.807) is 0 Å². The van der Waals surface area contributed by atoms with E-state index >= 15 is 0 Å². The Morgan fingerprint density at radius 2 is 1.88 bits per heavy atom. The van der Waals surface area contributed by atoms with E-state index in [2.05, 4.69) is 21.2 Å². The number of hydrogen-bond donors (Lipinski definition) is 2. The smallest absolute Gasteiger partial charge is 0.276 e. The lowest BCUT2D eigenvalue weighted by molar-refractivity contribution is 0.385. The van der Waals surface area contributed by atoms with E-state index < -0.39 is 0 Å². The molecule has 0 aliphatic rings. The van der Waals surface area contributed by atoms with E-state index in [1.807, 2.05) is 48.7 Å². The van der Waals surface area contributed by atoms with Crippen molar-refractivity contribution in [3.8, 4) is 0 Å². The van der Waals surface area contributed by atoms with Gasteiger partial charge in [-0.3, -0.25) is 0 Å². The van der Waals surface area contributed by atoms with Crippen molar-refractivity contribution in [1.29, 1.82) is 0 Å². The average Bonchev–Trinajstić information content (AvgIpc) is 3.29. The van der Waals surface area contributed by atoms with Gasteiger partial charge in [0.1, 0.15) is 0 Å². The molecular weight excluding hydrogens is 368 g/mol. The molecule has 0 aliphatic heterocycles. The van der Waals surface area contributed by atoms with Crippen molar-refractivity contribution in [3.63, 3.8) is 0 Å². The molecule has 0 amide bonds. The highest BCUT2D eigenvalue weighted by atomic mass is 35.5. The Labute approximate surface area is 159 Å². The number of halogens is 1. The van der Waals surface area contributed by atoms with Crippen LogP contribution in [-0.2, 0) is 12.2 Å². The fraction of sp³-hybridized carbons (Fsp3) is 0.158. The van der Waals surface area contributed by atoms with Gasteiger partial charge in [0.15, 0.2) is 0 Å². The molecule has 2 aromatic carbocycles. The van der Waals surface area contributed by atoms with E-state index in [1.165, 1.54) is 11.8 Å². The number of aromatic nitrogens is 3. The van der Waals surface area contributed by atoms with Gasteiger partial charge >= 0.3 is 0 Å². The zero-order chi connectivity index (χ0) is 17.9. The van der Waals surface area contributed by atoms with Crippen LogP contribution in [0.1, 0.15) is 23.1 Å². The van der Waals surface area contributed by atoms with E-state index in [9.17, 15) is 0 Å². The number of fused-ring (bicyclic) bond motifs is 1. The van der Waals surface area contributed by atoms with Crippen molar-refractivity contribution >= 4 is 34.3 Å². The van der Waals surface area contributed by atoms with Crippen LogP contribution in [0.3, 0.4) is 0 Å². The summed E-state index contributed by atoms with van der Waals surface area (Å²) in [4.78, 5) is 3.26. The number of thioether (sulfide) groups is 1. The summed E-state index contributed by atoms with van der Waals surface area (Å²) in [5.74, 6) is 1.11. The molecule has 0 aliphatic carbocycles. The quantitative estimate of drug-likeness (QED) is 0.469. The van der Waals surface area contributed by atoms with E-state index in [0.717, 1.165) is 27.1 Å². The third-order valence-electron chi connectivity index (χ3n) is 4.16. The van der Waals surface area contributed by atoms with Gasteiger partial charge in [0.05, 0.1) is 6.04 Å². The second-order valence-corrected chi connectivity index (χ2v) is 7.29. The molecule has 26 heavy (non-hydrogen) atoms. The van der Waals surface area contributed by atoms with Crippen molar-refractivity contribution < 1.29 is 4.42 Å². The van der Waals surface area contributed by atoms with Crippen molar-refractivity contribution in [2.75, 3.05) is 0 Å². The molecule has 0 unspecified atom stereocenters. The van der Waals surface area contributed by atoms with Crippen LogP contribution in [0.4, 0.5) is 0 Å². The zero-order valence-corrected chi connectivity index (χ0v) is 15.4. The van der Waals surface area contributed by atoms with Crippen molar-refractivity contribution in [2.24, 2.45) is 5.73 Å². The number of aromatic amines is 1. The number of H-pyrrole nitrogens is 1. The lowest BCUT2D eigenvalue weighted by Gasteiger charge is -2.06. The molecule has 4 aromatic rings. The van der Waals surface area contributed by atoms with Crippen LogP contribution < -0.4 is 5.73 Å². The highest BCUT2D eigenvalue weighted by molar-refractivity contribution is 7.98. The summed E-state index contributed by atoms with van der Waals surface area (Å²) in [6.07, 6.45) is 2.61. The Kier molecular flexibility index (Phi) is 4.97. The number of hydrogen-bond acceptors (Lipinski definition) is 5. The summed E-state index contributed by atoms with van der Waals surface area (Å²) in [6, 6.07) is 15.5. The van der Waals surface area contributed by atoms with Gasteiger partial charge in [-0.15, -0.1) is 10.2 Å². The van der Waals surface area contributed by atoms with Gasteiger partial charge in [-0.25, -0.2) is 0 Å². The second kappa shape index (κ2) is 7.53. The first-order valence-corrected chi connectivity index (χ1v) is 9.57. The Morgan fingerprint density at radius 1 is 1.08 bits per heavy atom. The molecule has 7 heteroatoms. The summed E-state index contributed by atoms with van der Waals surface area (Å²) in [5.41, 5.74) is 9.54. The standard InChI is InChI=1S/C19H17ClN4OS/c20-15-7-3-1-5-12(15)11-26-19-24-23-18(25-19)16(21)9-13-10-22-17-8-4-2-6-14(13)17/h1-8,10,16,22H,9,11,21H2/t16-/m1/s1. The molecule has 0 fully saturated rings. The Morgan fingerprint density at radius 3 is 2.77 bits per heavy atom. The number of nitrogens with one attached hydrogen (secondary N) is 1. The zero-order valence-electron chi connectivity index (χ0n) is 13.9. The lowest BCUT2D eigenvalue weighted by Crippen LogP contribution is -2.13. The second-order valence-electron chi connectivity index (χ2n) is 5.96. The van der Waals surface area contributed by atoms with E-state index in [4.69, 9.17) is 21.8 Å². The summed E-state index contributed by atoms with van der Waals surface area (Å²) < 4.78 is 5.73. The maximum Gasteiger partial charge on any atom is 0.276 e. The highest BCUT2D eigenvalue weighted by Gasteiger charge is 2.17. The van der Waals surface area contributed by atoms with Crippen LogP contribution in [-0.4, -0.2) is 15.2 Å². The summed E-state index contributed by atoms with van der Waals surface area (Å²) in [6.45, 7) is 0. The monoisotopic (exact) mass is 384 g/mol. The number of para-hydroxylation sites is 1. The van der Waals surface area contributed by atoms with Crippen LogP contribution in [0.15, 0.2) is 64.4 Å². The SMILES string of the molecule is N[C@H](Cc1c[nH]c2ccccc12)c1nnc(SCc2ccccc2Cl)o1. The lowest BCUT2D eigenvalue weighted by atomic mass is 10.1. The molecule has 0 saturated carbocycles. The Balaban J connectivity index is 1.43. The van der Waals surface area contributed by atoms with E-state index in [0.29, 0.717) is 23.3 Å². The maximum atomic E-state index is 6.28. The molecular formula is C19H17ClN4OS. The van der Waals surface area contributed by atoms with Gasteiger partial charge in [0, 0.05) is 27.9 Å². The molecule has 0 bridgehead atoms. The number of benzene rings is 2. The minimum atomic E-state index is -0.351. The minimum absolute atomic E-state index is 0.351. The first-order valence-electron chi connectivity index (χ1n) is 8.21. The molecule has 4 rings (SSSR count). The number of nitrogens with zero attached hydrogens (tertiary/aromatic N) is 2. The third kappa shape index (κ3) is 3.62. The van der Waals surface area contributed by atoms with Crippen molar-refractivity contribution in [1.82, 2.24) is 15.2 Å². The number of rotatable bonds is 6. The minimum Gasteiger partial charge on any atom is -0.414 e. The van der Waals surface area contributed by atoms with Crippen LogP contribution in [0.2, 0.25) is 5.02 Å². The van der Waals surface area contributed by atoms with Gasteiger partial charge in [0.25, 0.3) is 5.22 Å². The molecule has 0 spiro atoms. The summed E-state index contributed by atoms with van der Waals surface area (Å²) in [5, 5.41) is 10.6. The predicted molar refractivity (Wildman–Crippen MR) is 104 cm³/mol. The summed E-state index contributed by atoms with van der Waals surface area (Å²) in [7, 11) is 0. The van der Waals surface area contributed by atoms with Crippen LogP contribution >= 0.6 is 23.4 Å². The van der Waals surface area contributed by atoms with E-state index in [-0.39, 0.29) is 6.04 Å². The fourth-order valence-corrected chi connectivity index (χ4v) is 3.86. The largest absolute Gasteiger partial charge is 0.414 e. The fourth-order valence-electron chi connectivity index (χ4n) is 2.81. The van der Waals surface area contributed by atoms with Gasteiger partial charge in [-0.1, -0.05) is 59.8 Å². The molecule has 1 atom stereocenters. The first-order chi connectivity index (χ1) is 12.7. The highest BCUT2D eigenvalue weighted by Crippen LogP contribution is 2.28. The normalized spacial score (nSPS) is 12.5. The number of nitrogens with two attached hydrogens (primary N) is 1. The maximum absolute atomic E-state index is 6.28. The molecule has 3 N–H and O–H groups in total. The van der Waals surface area contributed by atoms with Gasteiger partial charge in [-0.2, -0.15) is 0 Å². The molecule has 5 nitrogen and oxygen atoms in total. The predicted octanol–water partition coefficient (Wildman–Crippen LogP) is 4.74. The molecule has 2 heterocycles. The average molecular weight is 385 g/mol. The van der Waals surface area contributed by atoms with Crippen molar-refractivity contribution in [2.45, 2.75) is 23.4 Å². The Hall–Kier alpha value is -2.28. The third-order valence-corrected chi connectivity index (χ3v) is 5.40. The van der Waals surface area contributed by atoms with Gasteiger partial charge < -0.3 is 15.1 Å².